The van der Waals surface area contributed by atoms with Gasteiger partial charge in [0.15, 0.2) is 5.78 Å². The van der Waals surface area contributed by atoms with E-state index in [1.165, 1.54) is 26.0 Å². The molecule has 0 amide bonds. The number of rotatable bonds is 3. The van der Waals surface area contributed by atoms with E-state index in [1.807, 2.05) is 0 Å². The minimum Gasteiger partial charge on any atom is -0.462 e. The maximum atomic E-state index is 12.1. The Morgan fingerprint density at radius 3 is 2.68 bits per heavy atom. The Hall–Kier alpha value is -2.93. The smallest absolute Gasteiger partial charge is 0.351 e. The van der Waals surface area contributed by atoms with Crippen LogP contribution in [0.3, 0.4) is 0 Å². The Bertz CT molecular complexity index is 979. The predicted molar refractivity (Wildman–Crippen MR) is 88.4 cm³/mol. The van der Waals surface area contributed by atoms with Crippen molar-refractivity contribution in [3.63, 3.8) is 0 Å². The van der Waals surface area contributed by atoms with Gasteiger partial charge in [-0.3, -0.25) is 4.79 Å². The number of esters is 1. The number of hydrogen-bond donors (Lipinski definition) is 1. The summed E-state index contributed by atoms with van der Waals surface area (Å²) in [6, 6.07) is 4.52. The molecule has 0 saturated heterocycles. The molecule has 1 aliphatic heterocycles. The van der Waals surface area contributed by atoms with Crippen LogP contribution in [-0.2, 0) is 9.53 Å². The number of benzene rings is 1. The highest BCUT2D eigenvalue weighted by Gasteiger charge is 2.36. The Kier molecular flexibility index (Phi) is 3.96. The summed E-state index contributed by atoms with van der Waals surface area (Å²) in [5.74, 6) is -2.67. The summed E-state index contributed by atoms with van der Waals surface area (Å²) in [5.41, 5.74) is -0.528. The standard InChI is InChI=1S/C18H16O7/c1-4-23-16(20)12-7-10-5-6-14-11(15(10)24-17(12)21)8-13(9(2)19)18(3,22)25-14/h5-8,22H,4H2,1-3H3. The summed E-state index contributed by atoms with van der Waals surface area (Å²) < 4.78 is 15.6. The molecular formula is C18H16O7. The van der Waals surface area contributed by atoms with Gasteiger partial charge in [0.1, 0.15) is 16.9 Å². The number of ketones is 1. The Balaban J connectivity index is 2.25. The lowest BCUT2D eigenvalue weighted by atomic mass is 9.95. The minimum absolute atomic E-state index is 0.0321. The van der Waals surface area contributed by atoms with Crippen molar-refractivity contribution in [3.8, 4) is 5.75 Å². The number of fused-ring (bicyclic) bond motifs is 3. The van der Waals surface area contributed by atoms with Gasteiger partial charge in [0, 0.05) is 12.3 Å². The predicted octanol–water partition coefficient (Wildman–Crippen LogP) is 2.04. The van der Waals surface area contributed by atoms with E-state index in [2.05, 4.69) is 0 Å². The second-order valence-corrected chi connectivity index (χ2v) is 5.76. The van der Waals surface area contributed by atoms with Crippen LogP contribution in [0.5, 0.6) is 5.75 Å². The first kappa shape index (κ1) is 16.9. The van der Waals surface area contributed by atoms with Crippen LogP contribution in [0.25, 0.3) is 17.0 Å². The zero-order valence-electron chi connectivity index (χ0n) is 13.9. The van der Waals surface area contributed by atoms with Crippen LogP contribution in [0.15, 0.2) is 33.0 Å². The maximum Gasteiger partial charge on any atom is 0.351 e. The zero-order chi connectivity index (χ0) is 18.4. The quantitative estimate of drug-likeness (QED) is 0.671. The van der Waals surface area contributed by atoms with Gasteiger partial charge in [-0.1, -0.05) is 0 Å². The molecule has 2 heterocycles. The van der Waals surface area contributed by atoms with Gasteiger partial charge in [-0.05, 0) is 38.1 Å². The highest BCUT2D eigenvalue weighted by Crippen LogP contribution is 2.38. The third kappa shape index (κ3) is 2.83. The van der Waals surface area contributed by atoms with Crippen LogP contribution in [-0.4, -0.2) is 29.3 Å². The van der Waals surface area contributed by atoms with Crippen molar-refractivity contribution in [2.24, 2.45) is 0 Å². The summed E-state index contributed by atoms with van der Waals surface area (Å²) >= 11 is 0. The van der Waals surface area contributed by atoms with Crippen molar-refractivity contribution >= 4 is 28.8 Å². The zero-order valence-corrected chi connectivity index (χ0v) is 13.9. The fourth-order valence-corrected chi connectivity index (χ4v) is 2.74. The van der Waals surface area contributed by atoms with Crippen LogP contribution in [0.4, 0.5) is 0 Å². The largest absolute Gasteiger partial charge is 0.462 e. The third-order valence-corrected chi connectivity index (χ3v) is 3.87. The molecule has 1 N–H and O–H groups in total. The van der Waals surface area contributed by atoms with Crippen molar-refractivity contribution in [3.05, 3.63) is 45.3 Å². The van der Waals surface area contributed by atoms with E-state index in [0.717, 1.165) is 0 Å². The number of aliphatic hydroxyl groups is 1. The number of hydrogen-bond acceptors (Lipinski definition) is 7. The molecule has 3 rings (SSSR count). The Labute approximate surface area is 142 Å². The molecule has 7 heteroatoms. The van der Waals surface area contributed by atoms with Gasteiger partial charge in [-0.2, -0.15) is 0 Å². The molecule has 0 bridgehead atoms. The number of Topliss-reactive ketones (excluding diaryl/α,β-unsaturated/α-hetero) is 1. The number of ether oxygens (including phenoxy) is 2. The van der Waals surface area contributed by atoms with E-state index in [9.17, 15) is 19.5 Å². The van der Waals surface area contributed by atoms with Crippen LogP contribution in [0.1, 0.15) is 36.7 Å². The first-order chi connectivity index (χ1) is 11.7. The van der Waals surface area contributed by atoms with E-state index in [-0.39, 0.29) is 34.9 Å². The summed E-state index contributed by atoms with van der Waals surface area (Å²) in [7, 11) is 0. The second kappa shape index (κ2) is 5.86. The number of carbonyl (C=O) groups is 2. The van der Waals surface area contributed by atoms with Crippen LogP contribution < -0.4 is 10.4 Å². The SMILES string of the molecule is CCOC(=O)c1cc2ccc3c(c2oc1=O)C=C(C(C)=O)C(C)(O)O3. The van der Waals surface area contributed by atoms with E-state index < -0.39 is 17.4 Å². The average Bonchev–Trinajstić information content (AvgIpc) is 2.52. The van der Waals surface area contributed by atoms with Crippen molar-refractivity contribution in [1.29, 1.82) is 0 Å². The molecule has 25 heavy (non-hydrogen) atoms. The van der Waals surface area contributed by atoms with Gasteiger partial charge < -0.3 is 19.0 Å². The molecule has 0 saturated carbocycles. The minimum atomic E-state index is -1.78. The maximum absolute atomic E-state index is 12.1. The van der Waals surface area contributed by atoms with Gasteiger partial charge in [0.2, 0.25) is 5.79 Å². The Morgan fingerprint density at radius 2 is 2.04 bits per heavy atom. The number of carbonyl (C=O) groups excluding carboxylic acids is 2. The van der Waals surface area contributed by atoms with E-state index in [1.54, 1.807) is 19.1 Å². The van der Waals surface area contributed by atoms with Crippen LogP contribution in [0.2, 0.25) is 0 Å². The fourth-order valence-electron chi connectivity index (χ4n) is 2.74. The summed E-state index contributed by atoms with van der Waals surface area (Å²) in [6.45, 7) is 4.42. The van der Waals surface area contributed by atoms with E-state index in [4.69, 9.17) is 13.9 Å². The first-order valence-electron chi connectivity index (χ1n) is 7.67. The molecule has 0 radical (unpaired) electrons. The molecule has 0 spiro atoms. The van der Waals surface area contributed by atoms with Gasteiger partial charge in [0.05, 0.1) is 17.7 Å². The average molecular weight is 344 g/mol. The van der Waals surface area contributed by atoms with Crippen molar-refractivity contribution in [2.45, 2.75) is 26.6 Å². The fraction of sp³-hybridized carbons (Fsp3) is 0.278. The third-order valence-electron chi connectivity index (χ3n) is 3.87. The van der Waals surface area contributed by atoms with Crippen LogP contribution >= 0.6 is 0 Å². The lowest BCUT2D eigenvalue weighted by Crippen LogP contribution is -2.39. The molecular weight excluding hydrogens is 328 g/mol. The van der Waals surface area contributed by atoms with Gasteiger partial charge in [0.25, 0.3) is 0 Å². The molecule has 1 aromatic carbocycles. The lowest BCUT2D eigenvalue weighted by molar-refractivity contribution is -0.125. The summed E-state index contributed by atoms with van der Waals surface area (Å²) in [4.78, 5) is 35.7. The normalized spacial score (nSPS) is 19.0. The molecule has 0 aliphatic carbocycles. The summed E-state index contributed by atoms with van der Waals surface area (Å²) in [6.07, 6.45) is 1.43. The highest BCUT2D eigenvalue weighted by molar-refractivity contribution is 6.03. The second-order valence-electron chi connectivity index (χ2n) is 5.76. The Morgan fingerprint density at radius 1 is 1.32 bits per heavy atom. The molecule has 0 fully saturated rings. The molecule has 1 aromatic heterocycles. The first-order valence-corrected chi connectivity index (χ1v) is 7.67. The molecule has 2 aromatic rings. The van der Waals surface area contributed by atoms with Crippen molar-refractivity contribution < 1.29 is 28.6 Å². The van der Waals surface area contributed by atoms with Crippen molar-refractivity contribution in [2.75, 3.05) is 6.61 Å². The highest BCUT2D eigenvalue weighted by atomic mass is 16.6. The van der Waals surface area contributed by atoms with E-state index in [0.29, 0.717) is 10.9 Å². The molecule has 7 nitrogen and oxygen atoms in total. The summed E-state index contributed by atoms with van der Waals surface area (Å²) in [5, 5.41) is 10.8. The van der Waals surface area contributed by atoms with Gasteiger partial charge in [-0.25, -0.2) is 9.59 Å². The van der Waals surface area contributed by atoms with Crippen LogP contribution in [0, 0.1) is 0 Å². The monoisotopic (exact) mass is 344 g/mol. The van der Waals surface area contributed by atoms with Gasteiger partial charge in [-0.15, -0.1) is 0 Å². The lowest BCUT2D eigenvalue weighted by Gasteiger charge is -2.31. The molecule has 1 unspecified atom stereocenters. The topological polar surface area (TPSA) is 103 Å². The molecule has 1 aliphatic rings. The van der Waals surface area contributed by atoms with E-state index >= 15 is 0 Å². The molecule has 130 valence electrons. The van der Waals surface area contributed by atoms with Crippen molar-refractivity contribution in [1.82, 2.24) is 0 Å². The molecule has 1 atom stereocenters. The van der Waals surface area contributed by atoms with Gasteiger partial charge >= 0.3 is 11.6 Å².